The molecular weight excluding hydrogens is 456 g/mol. The fourth-order valence-corrected chi connectivity index (χ4v) is 5.39. The molecule has 3 aromatic rings. The van der Waals surface area contributed by atoms with Crippen molar-refractivity contribution >= 4 is 38.9 Å². The van der Waals surface area contributed by atoms with E-state index in [0.29, 0.717) is 18.7 Å². The number of sulfonamides is 1. The number of likely N-dealkylation sites (tertiary alicyclic amines) is 1. The number of nitrogens with one attached hydrogen (secondary N) is 1. The zero-order valence-electron chi connectivity index (χ0n) is 17.1. The van der Waals surface area contributed by atoms with E-state index in [4.69, 9.17) is 9.26 Å². The second-order valence-corrected chi connectivity index (χ2v) is 9.80. The Morgan fingerprint density at radius 1 is 1.25 bits per heavy atom. The van der Waals surface area contributed by atoms with E-state index in [1.54, 1.807) is 23.3 Å². The van der Waals surface area contributed by atoms with Gasteiger partial charge in [0.15, 0.2) is 0 Å². The zero-order chi connectivity index (χ0) is 22.7. The van der Waals surface area contributed by atoms with Crippen molar-refractivity contribution in [3.63, 3.8) is 0 Å². The van der Waals surface area contributed by atoms with E-state index in [2.05, 4.69) is 14.9 Å². The van der Waals surface area contributed by atoms with Crippen LogP contribution in [0.4, 0.5) is 5.69 Å². The van der Waals surface area contributed by atoms with Gasteiger partial charge in [0.1, 0.15) is 4.21 Å². The molecule has 168 valence electrons. The molecule has 4 rings (SSSR count). The van der Waals surface area contributed by atoms with Crippen LogP contribution in [-0.4, -0.2) is 55.0 Å². The van der Waals surface area contributed by atoms with Crippen LogP contribution in [0.3, 0.4) is 0 Å². The third kappa shape index (κ3) is 4.65. The van der Waals surface area contributed by atoms with Crippen LogP contribution in [0.15, 0.2) is 44.4 Å². The molecule has 10 nitrogen and oxygen atoms in total. The van der Waals surface area contributed by atoms with Gasteiger partial charge in [-0.2, -0.15) is 4.98 Å². The number of aromatic nitrogens is 2. The lowest BCUT2D eigenvalue weighted by Gasteiger charge is -2.10. The van der Waals surface area contributed by atoms with Crippen molar-refractivity contribution in [2.45, 2.75) is 24.0 Å². The number of esters is 1. The van der Waals surface area contributed by atoms with Crippen molar-refractivity contribution in [1.82, 2.24) is 15.0 Å². The van der Waals surface area contributed by atoms with Crippen molar-refractivity contribution in [3.05, 3.63) is 47.2 Å². The number of hydrogen-bond acceptors (Lipinski definition) is 9. The summed E-state index contributed by atoms with van der Waals surface area (Å²) in [5.41, 5.74) is 0.879. The average Bonchev–Trinajstić information content (AvgIpc) is 3.55. The molecule has 12 heteroatoms. The number of benzene rings is 1. The normalized spacial score (nSPS) is 13.8. The minimum absolute atomic E-state index is 0.0197. The Morgan fingerprint density at radius 3 is 2.78 bits per heavy atom. The molecule has 0 aliphatic carbocycles. The highest BCUT2D eigenvalue weighted by atomic mass is 32.2. The summed E-state index contributed by atoms with van der Waals surface area (Å²) in [6.45, 7) is 3.21. The molecule has 1 saturated heterocycles. The van der Waals surface area contributed by atoms with Gasteiger partial charge in [-0.25, -0.2) is 13.2 Å². The Morgan fingerprint density at radius 2 is 2.03 bits per heavy atom. The van der Waals surface area contributed by atoms with E-state index >= 15 is 0 Å². The summed E-state index contributed by atoms with van der Waals surface area (Å²) in [6, 6.07) is 7.43. The molecule has 1 N–H and O–H groups in total. The fourth-order valence-electron chi connectivity index (χ4n) is 3.19. The summed E-state index contributed by atoms with van der Waals surface area (Å²) in [5.74, 6) is -0.850. The number of carbonyl (C=O) groups is 2. The quantitative estimate of drug-likeness (QED) is 0.515. The van der Waals surface area contributed by atoms with E-state index < -0.39 is 16.0 Å². The molecule has 2 aromatic heterocycles. The molecule has 0 spiro atoms. The molecule has 0 saturated carbocycles. The van der Waals surface area contributed by atoms with Gasteiger partial charge in [-0.05, 0) is 44.0 Å². The summed E-state index contributed by atoms with van der Waals surface area (Å²) < 4.78 is 38.1. The smallest absolute Gasteiger partial charge is 0.338 e. The molecule has 1 fully saturated rings. The minimum atomic E-state index is -3.92. The third-order valence-corrected chi connectivity index (χ3v) is 7.55. The number of rotatable bonds is 7. The van der Waals surface area contributed by atoms with Crippen molar-refractivity contribution in [1.29, 1.82) is 0 Å². The number of carbonyl (C=O) groups excluding carboxylic acids is 2. The molecule has 0 radical (unpaired) electrons. The van der Waals surface area contributed by atoms with Crippen molar-refractivity contribution in [2.24, 2.45) is 0 Å². The molecule has 0 atom stereocenters. The van der Waals surface area contributed by atoms with Crippen LogP contribution in [-0.2, 0) is 14.8 Å². The molecule has 3 heterocycles. The Labute approximate surface area is 188 Å². The fraction of sp³-hybridized carbons (Fsp3) is 0.300. The summed E-state index contributed by atoms with van der Waals surface area (Å²) in [6.07, 6.45) is 1.88. The second kappa shape index (κ2) is 9.09. The van der Waals surface area contributed by atoms with Gasteiger partial charge in [0.2, 0.25) is 5.82 Å². The number of anilines is 1. The molecule has 1 amide bonds. The van der Waals surface area contributed by atoms with E-state index in [1.807, 2.05) is 0 Å². The highest BCUT2D eigenvalue weighted by Gasteiger charge is 2.26. The monoisotopic (exact) mass is 476 g/mol. The molecule has 1 aromatic carbocycles. The second-order valence-electron chi connectivity index (χ2n) is 6.98. The van der Waals surface area contributed by atoms with E-state index in [9.17, 15) is 18.0 Å². The van der Waals surface area contributed by atoms with Crippen LogP contribution in [0.5, 0.6) is 0 Å². The lowest BCUT2D eigenvalue weighted by molar-refractivity contribution is 0.0526. The third-order valence-electron chi connectivity index (χ3n) is 4.73. The maximum Gasteiger partial charge on any atom is 0.338 e. The first-order chi connectivity index (χ1) is 15.4. The molecular formula is C20H20N4O6S2. The van der Waals surface area contributed by atoms with Crippen LogP contribution in [0.2, 0.25) is 0 Å². The van der Waals surface area contributed by atoms with Gasteiger partial charge in [-0.1, -0.05) is 11.2 Å². The highest BCUT2D eigenvalue weighted by molar-refractivity contribution is 7.94. The molecule has 1 aliphatic rings. The first kappa shape index (κ1) is 22.0. The van der Waals surface area contributed by atoms with Crippen molar-refractivity contribution in [2.75, 3.05) is 24.4 Å². The summed E-state index contributed by atoms with van der Waals surface area (Å²) in [7, 11) is -3.92. The zero-order valence-corrected chi connectivity index (χ0v) is 18.7. The minimum Gasteiger partial charge on any atom is -0.462 e. The van der Waals surface area contributed by atoms with Crippen LogP contribution in [0.1, 0.15) is 40.8 Å². The Bertz CT molecular complexity index is 1240. The van der Waals surface area contributed by atoms with E-state index in [-0.39, 0.29) is 39.7 Å². The van der Waals surface area contributed by atoms with E-state index in [0.717, 1.165) is 24.2 Å². The Hall–Kier alpha value is -3.25. The SMILES string of the molecule is CCOC(=O)c1cccc(NS(=O)(=O)c2cc(-c3noc(C(=O)N4CCCC4)n3)cs2)c1. The number of thiophene rings is 1. The maximum atomic E-state index is 12.8. The highest BCUT2D eigenvalue weighted by Crippen LogP contribution is 2.29. The Balaban J connectivity index is 1.50. The largest absolute Gasteiger partial charge is 0.462 e. The van der Waals surface area contributed by atoms with Crippen LogP contribution in [0.25, 0.3) is 11.4 Å². The van der Waals surface area contributed by atoms with Gasteiger partial charge in [0.05, 0.1) is 12.2 Å². The van der Waals surface area contributed by atoms with Gasteiger partial charge >= 0.3 is 17.8 Å². The van der Waals surface area contributed by atoms with Gasteiger partial charge in [0.25, 0.3) is 10.0 Å². The molecule has 32 heavy (non-hydrogen) atoms. The molecule has 0 unspecified atom stereocenters. The van der Waals surface area contributed by atoms with Crippen LogP contribution >= 0.6 is 11.3 Å². The Kier molecular flexibility index (Phi) is 6.24. The van der Waals surface area contributed by atoms with Crippen molar-refractivity contribution < 1.29 is 27.3 Å². The number of amides is 1. The predicted octanol–water partition coefficient (Wildman–Crippen LogP) is 3.01. The van der Waals surface area contributed by atoms with Gasteiger partial charge in [-0.3, -0.25) is 9.52 Å². The summed E-state index contributed by atoms with van der Waals surface area (Å²) >= 11 is 0.973. The van der Waals surface area contributed by atoms with Crippen LogP contribution < -0.4 is 4.72 Å². The number of ether oxygens (including phenoxy) is 1. The molecule has 1 aliphatic heterocycles. The standard InChI is InChI=1S/C20H20N4O6S2/c1-2-29-20(26)13-6-5-7-15(10-13)23-32(27,28)16-11-14(12-31-16)17-21-18(30-22-17)19(25)24-8-3-4-9-24/h5-7,10-12,23H,2-4,8-9H2,1H3. The summed E-state index contributed by atoms with van der Waals surface area (Å²) in [5, 5.41) is 5.38. The van der Waals surface area contributed by atoms with Gasteiger partial charge < -0.3 is 14.2 Å². The average molecular weight is 477 g/mol. The predicted molar refractivity (Wildman–Crippen MR) is 116 cm³/mol. The topological polar surface area (TPSA) is 132 Å². The lowest BCUT2D eigenvalue weighted by Crippen LogP contribution is -2.27. The molecule has 0 bridgehead atoms. The lowest BCUT2D eigenvalue weighted by atomic mass is 10.2. The van der Waals surface area contributed by atoms with Crippen molar-refractivity contribution in [3.8, 4) is 11.4 Å². The van der Waals surface area contributed by atoms with E-state index in [1.165, 1.54) is 24.3 Å². The maximum absolute atomic E-state index is 12.8. The van der Waals surface area contributed by atoms with Gasteiger partial charge in [0, 0.05) is 29.7 Å². The summed E-state index contributed by atoms with van der Waals surface area (Å²) in [4.78, 5) is 30.0. The van der Waals surface area contributed by atoms with Crippen LogP contribution in [0, 0.1) is 0 Å². The number of hydrogen-bond donors (Lipinski definition) is 1. The number of nitrogens with zero attached hydrogens (tertiary/aromatic N) is 3. The van der Waals surface area contributed by atoms with Gasteiger partial charge in [-0.15, -0.1) is 11.3 Å². The first-order valence-corrected chi connectivity index (χ1v) is 12.3. The first-order valence-electron chi connectivity index (χ1n) is 9.89.